The van der Waals surface area contributed by atoms with Crippen molar-refractivity contribution in [2.75, 3.05) is 0 Å². The Balaban J connectivity index is 1.97. The number of nitrogens with zero attached hydrogens (tertiary/aromatic N) is 2. The third-order valence-electron chi connectivity index (χ3n) is 2.91. The molecule has 0 saturated heterocycles. The quantitative estimate of drug-likeness (QED) is 0.819. The summed E-state index contributed by atoms with van der Waals surface area (Å²) in [6.07, 6.45) is 5.66. The van der Waals surface area contributed by atoms with E-state index in [2.05, 4.69) is 5.10 Å². The fourth-order valence-corrected chi connectivity index (χ4v) is 3.30. The molecule has 2 rings (SSSR count). The highest BCUT2D eigenvalue weighted by Gasteiger charge is 2.42. The van der Waals surface area contributed by atoms with Crippen LogP contribution in [0, 0.1) is 0 Å². The molecule has 0 amide bonds. The Kier molecular flexibility index (Phi) is 2.94. The van der Waals surface area contributed by atoms with Crippen molar-refractivity contribution in [3.63, 3.8) is 0 Å². The molecule has 88 valence electrons. The lowest BCUT2D eigenvalue weighted by molar-refractivity contribution is -0.143. The minimum atomic E-state index is -1.03. The maximum absolute atomic E-state index is 11.0. The van der Waals surface area contributed by atoms with Gasteiger partial charge in [0.15, 0.2) is 0 Å². The number of hydrogen-bond donors (Lipinski definition) is 2. The van der Waals surface area contributed by atoms with Crippen LogP contribution in [0.15, 0.2) is 17.3 Å². The van der Waals surface area contributed by atoms with E-state index in [0.29, 0.717) is 12.8 Å². The average molecular weight is 241 g/mol. The van der Waals surface area contributed by atoms with E-state index in [1.807, 2.05) is 13.2 Å². The summed E-state index contributed by atoms with van der Waals surface area (Å²) >= 11 is 1.67. The van der Waals surface area contributed by atoms with Crippen molar-refractivity contribution < 1.29 is 9.90 Å². The lowest BCUT2D eigenvalue weighted by Gasteiger charge is -2.17. The first kappa shape index (κ1) is 11.5. The topological polar surface area (TPSA) is 81.1 Å². The molecule has 0 aromatic carbocycles. The number of carboxylic acids is 1. The van der Waals surface area contributed by atoms with Gasteiger partial charge in [-0.25, -0.2) is 0 Å². The minimum absolute atomic E-state index is 0.283. The molecule has 1 aliphatic carbocycles. The van der Waals surface area contributed by atoms with Crippen LogP contribution in [0.4, 0.5) is 0 Å². The molecular formula is C10H15N3O2S. The molecule has 6 heteroatoms. The molecule has 1 aliphatic rings. The van der Waals surface area contributed by atoms with Crippen molar-refractivity contribution in [2.45, 2.75) is 34.9 Å². The maximum Gasteiger partial charge on any atom is 0.323 e. The highest BCUT2D eigenvalue weighted by molar-refractivity contribution is 8.00. The maximum atomic E-state index is 11.0. The van der Waals surface area contributed by atoms with Gasteiger partial charge in [0.05, 0.1) is 6.20 Å². The lowest BCUT2D eigenvalue weighted by atomic mass is 10.0. The number of thioether (sulfide) groups is 1. The van der Waals surface area contributed by atoms with Crippen molar-refractivity contribution in [3.8, 4) is 0 Å². The molecule has 2 unspecified atom stereocenters. The number of rotatable bonds is 3. The number of hydrogen-bond acceptors (Lipinski definition) is 4. The van der Waals surface area contributed by atoms with Crippen LogP contribution in [0.5, 0.6) is 0 Å². The van der Waals surface area contributed by atoms with Crippen molar-refractivity contribution >= 4 is 17.7 Å². The van der Waals surface area contributed by atoms with Gasteiger partial charge in [-0.2, -0.15) is 5.10 Å². The number of aliphatic carboxylic acids is 1. The normalized spacial score (nSPS) is 29.5. The minimum Gasteiger partial charge on any atom is -0.480 e. The van der Waals surface area contributed by atoms with Gasteiger partial charge in [-0.15, -0.1) is 11.8 Å². The van der Waals surface area contributed by atoms with Gasteiger partial charge in [-0.05, 0) is 19.3 Å². The first-order chi connectivity index (χ1) is 7.49. The van der Waals surface area contributed by atoms with Crippen LogP contribution in [-0.4, -0.2) is 31.6 Å². The molecule has 5 nitrogen and oxygen atoms in total. The Labute approximate surface area is 98.0 Å². The van der Waals surface area contributed by atoms with Crippen molar-refractivity contribution in [1.82, 2.24) is 9.78 Å². The molecule has 1 aromatic rings. The molecule has 3 N–H and O–H groups in total. The van der Waals surface area contributed by atoms with Crippen molar-refractivity contribution in [3.05, 3.63) is 12.4 Å². The van der Waals surface area contributed by atoms with E-state index >= 15 is 0 Å². The fourth-order valence-electron chi connectivity index (χ4n) is 1.98. The van der Waals surface area contributed by atoms with Gasteiger partial charge in [0.25, 0.3) is 0 Å². The first-order valence-electron chi connectivity index (χ1n) is 5.17. The summed E-state index contributed by atoms with van der Waals surface area (Å²) in [6, 6.07) is 0. The number of carbonyl (C=O) groups is 1. The summed E-state index contributed by atoms with van der Waals surface area (Å²) < 4.78 is 1.74. The van der Waals surface area contributed by atoms with E-state index in [-0.39, 0.29) is 5.25 Å². The van der Waals surface area contributed by atoms with Crippen molar-refractivity contribution in [2.24, 2.45) is 12.8 Å². The number of aryl methyl sites for hydroxylation is 1. The second-order valence-corrected chi connectivity index (χ2v) is 5.67. The number of aromatic nitrogens is 2. The first-order valence-corrected chi connectivity index (χ1v) is 6.05. The van der Waals surface area contributed by atoms with Gasteiger partial charge in [0.1, 0.15) is 5.54 Å². The van der Waals surface area contributed by atoms with Gasteiger partial charge < -0.3 is 10.8 Å². The van der Waals surface area contributed by atoms with Crippen LogP contribution in [0.1, 0.15) is 19.3 Å². The summed E-state index contributed by atoms with van der Waals surface area (Å²) in [4.78, 5) is 12.0. The molecule has 0 radical (unpaired) electrons. The summed E-state index contributed by atoms with van der Waals surface area (Å²) in [5.74, 6) is -0.887. The lowest BCUT2D eigenvalue weighted by Crippen LogP contribution is -2.45. The molecular weight excluding hydrogens is 226 g/mol. The Hall–Kier alpha value is -1.01. The van der Waals surface area contributed by atoms with E-state index in [1.165, 1.54) is 0 Å². The van der Waals surface area contributed by atoms with Crippen molar-refractivity contribution in [1.29, 1.82) is 0 Å². The van der Waals surface area contributed by atoms with E-state index in [1.54, 1.807) is 22.6 Å². The molecule has 1 fully saturated rings. The summed E-state index contributed by atoms with van der Waals surface area (Å²) in [7, 11) is 1.86. The van der Waals surface area contributed by atoms with E-state index in [9.17, 15) is 4.79 Å². The molecule has 0 bridgehead atoms. The van der Waals surface area contributed by atoms with Gasteiger partial charge in [-0.3, -0.25) is 9.48 Å². The smallest absolute Gasteiger partial charge is 0.323 e. The van der Waals surface area contributed by atoms with Gasteiger partial charge in [0, 0.05) is 23.4 Å². The zero-order valence-electron chi connectivity index (χ0n) is 9.09. The third-order valence-corrected chi connectivity index (χ3v) is 4.13. The molecule has 16 heavy (non-hydrogen) atoms. The van der Waals surface area contributed by atoms with Gasteiger partial charge in [0.2, 0.25) is 0 Å². The Bertz CT molecular complexity index is 407. The predicted octanol–water partition coefficient (Wildman–Crippen LogP) is 0.847. The third kappa shape index (κ3) is 2.22. The molecule has 1 aromatic heterocycles. The zero-order chi connectivity index (χ0) is 11.8. The summed E-state index contributed by atoms with van der Waals surface area (Å²) in [6.45, 7) is 0. The van der Waals surface area contributed by atoms with Crippen LogP contribution < -0.4 is 5.73 Å². The van der Waals surface area contributed by atoms with Crippen LogP contribution >= 0.6 is 11.8 Å². The van der Waals surface area contributed by atoms with Crippen LogP contribution in [-0.2, 0) is 11.8 Å². The highest BCUT2D eigenvalue weighted by Crippen LogP contribution is 2.38. The van der Waals surface area contributed by atoms with Gasteiger partial charge >= 0.3 is 5.97 Å². The fraction of sp³-hybridized carbons (Fsp3) is 0.600. The monoisotopic (exact) mass is 241 g/mol. The second-order valence-electron chi connectivity index (χ2n) is 4.29. The molecule has 0 spiro atoms. The molecule has 0 aliphatic heterocycles. The van der Waals surface area contributed by atoms with E-state index in [4.69, 9.17) is 10.8 Å². The van der Waals surface area contributed by atoms with Crippen LogP contribution in [0.3, 0.4) is 0 Å². The zero-order valence-corrected chi connectivity index (χ0v) is 9.91. The number of carboxylic acid groups (broad SMARTS) is 1. The van der Waals surface area contributed by atoms with Crippen LogP contribution in [0.2, 0.25) is 0 Å². The molecule has 2 atom stereocenters. The van der Waals surface area contributed by atoms with E-state index in [0.717, 1.165) is 11.3 Å². The SMILES string of the molecule is Cn1cc(SC2CCC(N)(C(=O)O)C2)cn1. The largest absolute Gasteiger partial charge is 0.480 e. The van der Waals surface area contributed by atoms with Crippen LogP contribution in [0.25, 0.3) is 0 Å². The highest BCUT2D eigenvalue weighted by atomic mass is 32.2. The Morgan fingerprint density at radius 1 is 1.81 bits per heavy atom. The summed E-state index contributed by atoms with van der Waals surface area (Å²) in [5.41, 5.74) is 4.79. The number of nitrogens with two attached hydrogens (primary N) is 1. The van der Waals surface area contributed by atoms with E-state index < -0.39 is 11.5 Å². The predicted molar refractivity (Wildman–Crippen MR) is 61.3 cm³/mol. The average Bonchev–Trinajstić information content (AvgIpc) is 2.75. The Morgan fingerprint density at radius 3 is 3.06 bits per heavy atom. The Morgan fingerprint density at radius 2 is 2.56 bits per heavy atom. The molecule has 1 saturated carbocycles. The molecule has 1 heterocycles. The van der Waals surface area contributed by atoms with Gasteiger partial charge in [-0.1, -0.05) is 0 Å². The second kappa shape index (κ2) is 4.10. The standard InChI is InChI=1S/C10H15N3O2S/c1-13-6-8(5-12-13)16-7-2-3-10(11,4-7)9(14)15/h5-7H,2-4,11H2,1H3,(H,14,15). The summed E-state index contributed by atoms with van der Waals surface area (Å²) in [5, 5.41) is 13.4.